The van der Waals surface area contributed by atoms with E-state index in [1.54, 1.807) is 25.3 Å². The van der Waals surface area contributed by atoms with Crippen molar-refractivity contribution in [3.8, 4) is 5.75 Å². The molecule has 5 fully saturated rings. The first-order chi connectivity index (χ1) is 24.0. The van der Waals surface area contributed by atoms with Crippen LogP contribution in [0.5, 0.6) is 5.75 Å². The van der Waals surface area contributed by atoms with Gasteiger partial charge >= 0.3 is 6.09 Å². The number of hydrogen-bond acceptors (Lipinski definition) is 11. The number of aliphatic hydroxyl groups is 1. The van der Waals surface area contributed by atoms with Crippen LogP contribution in [0.3, 0.4) is 0 Å². The molecule has 2 aliphatic heterocycles. The standard InChI is InChI=1S/C36H46N4O8S2/c1-20-25-17-46-33-31(20)26(18-47-33)32(25)48-35(42)39-28(14-21-4-8-23(45-3)9-5-21)29(41)16-40(19-36(2)12-13-36)50(43,44)24-10-11-27-30(15-24)49-34(38-27)37-22-6-7-22/h4-5,8-11,15,20,22,25-26,28-29,31-33,41H,6-7,12-14,16-19H2,1-3H3,(H,37,38)(H,39,42). The highest BCUT2D eigenvalue weighted by Gasteiger charge is 2.60. The number of ether oxygens (including phenoxy) is 4. The van der Waals surface area contributed by atoms with Crippen molar-refractivity contribution in [2.75, 3.05) is 38.7 Å². The van der Waals surface area contributed by atoms with Gasteiger partial charge in [0.15, 0.2) is 11.4 Å². The number of aromatic nitrogens is 1. The number of nitrogens with zero attached hydrogens (tertiary/aromatic N) is 2. The van der Waals surface area contributed by atoms with Crippen molar-refractivity contribution in [3.05, 3.63) is 48.0 Å². The smallest absolute Gasteiger partial charge is 0.407 e. The Morgan fingerprint density at radius 3 is 2.58 bits per heavy atom. The largest absolute Gasteiger partial charge is 0.497 e. The molecule has 270 valence electrons. The van der Waals surface area contributed by atoms with E-state index in [9.17, 15) is 18.3 Å². The molecule has 0 radical (unpaired) electrons. The first-order valence-electron chi connectivity index (χ1n) is 17.7. The van der Waals surface area contributed by atoms with Gasteiger partial charge in [0.2, 0.25) is 10.0 Å². The molecule has 3 heterocycles. The van der Waals surface area contributed by atoms with Gasteiger partial charge in [0, 0.05) is 36.9 Å². The Hall–Kier alpha value is -3.01. The van der Waals surface area contributed by atoms with Crippen molar-refractivity contribution in [1.29, 1.82) is 0 Å². The summed E-state index contributed by atoms with van der Waals surface area (Å²) in [4.78, 5) is 18.4. The molecule has 3 aromatic rings. The lowest BCUT2D eigenvalue weighted by atomic mass is 9.88. The predicted molar refractivity (Wildman–Crippen MR) is 188 cm³/mol. The highest BCUT2D eigenvalue weighted by Crippen LogP contribution is 2.53. The topological polar surface area (TPSA) is 149 Å². The van der Waals surface area contributed by atoms with Gasteiger partial charge in [0.25, 0.3) is 0 Å². The molecular formula is C36H46N4O8S2. The third-order valence-corrected chi connectivity index (χ3v) is 14.2. The number of amides is 1. The molecule has 8 rings (SSSR count). The molecule has 1 aromatic heterocycles. The highest BCUT2D eigenvalue weighted by atomic mass is 32.2. The molecule has 2 aromatic carbocycles. The van der Waals surface area contributed by atoms with Gasteiger partial charge in [-0.05, 0) is 79.3 Å². The lowest BCUT2D eigenvalue weighted by Gasteiger charge is -2.33. The SMILES string of the molecule is COc1ccc(CC(NC(=O)OC2C3COC4OCC2C4C3C)C(O)CN(CC2(C)CC2)S(=O)(=O)c2ccc3nc(NC4CC4)sc3c2)cc1. The van der Waals surface area contributed by atoms with Crippen LogP contribution in [0.1, 0.15) is 45.1 Å². The van der Waals surface area contributed by atoms with Crippen molar-refractivity contribution < 1.29 is 37.3 Å². The monoisotopic (exact) mass is 726 g/mol. The van der Waals surface area contributed by atoms with E-state index in [4.69, 9.17) is 18.9 Å². The summed E-state index contributed by atoms with van der Waals surface area (Å²) in [6.45, 7) is 5.22. The first-order valence-corrected chi connectivity index (χ1v) is 19.9. The van der Waals surface area contributed by atoms with E-state index in [1.165, 1.54) is 15.6 Å². The minimum absolute atomic E-state index is 0.0505. The van der Waals surface area contributed by atoms with E-state index in [0.717, 1.165) is 46.6 Å². The first kappa shape index (κ1) is 34.1. The molecule has 5 aliphatic rings. The fraction of sp³-hybridized carbons (Fsp3) is 0.611. The van der Waals surface area contributed by atoms with E-state index >= 15 is 0 Å². The zero-order valence-electron chi connectivity index (χ0n) is 28.6. The molecule has 14 heteroatoms. The Labute approximate surface area is 296 Å². The van der Waals surface area contributed by atoms with Crippen molar-refractivity contribution in [1.82, 2.24) is 14.6 Å². The number of aliphatic hydroxyl groups excluding tert-OH is 1. The number of alkyl carbamates (subject to hydrolysis) is 1. The Balaban J connectivity index is 1.03. The van der Waals surface area contributed by atoms with Gasteiger partial charge in [0.05, 0.1) is 47.6 Å². The van der Waals surface area contributed by atoms with Gasteiger partial charge in [-0.1, -0.05) is 37.3 Å². The third-order valence-electron chi connectivity index (χ3n) is 11.4. The van der Waals surface area contributed by atoms with E-state index in [1.807, 2.05) is 24.3 Å². The van der Waals surface area contributed by atoms with Crippen LogP contribution in [0.4, 0.5) is 9.93 Å². The second-order valence-electron chi connectivity index (χ2n) is 15.2. The van der Waals surface area contributed by atoms with Crippen molar-refractivity contribution in [2.24, 2.45) is 29.1 Å². The van der Waals surface area contributed by atoms with Crippen molar-refractivity contribution >= 4 is 42.8 Å². The molecule has 50 heavy (non-hydrogen) atoms. The number of anilines is 1. The number of sulfonamides is 1. The second kappa shape index (κ2) is 13.2. The lowest BCUT2D eigenvalue weighted by Crippen LogP contribution is -2.52. The molecule has 8 atom stereocenters. The van der Waals surface area contributed by atoms with Crippen LogP contribution in [-0.2, 0) is 30.7 Å². The van der Waals surface area contributed by atoms with Crippen LogP contribution in [0.25, 0.3) is 10.2 Å². The van der Waals surface area contributed by atoms with Crippen LogP contribution in [-0.4, -0.2) is 92.9 Å². The third kappa shape index (κ3) is 6.82. The number of rotatable bonds is 14. The predicted octanol–water partition coefficient (Wildman–Crippen LogP) is 4.62. The summed E-state index contributed by atoms with van der Waals surface area (Å²) in [6, 6.07) is 12.0. The zero-order chi connectivity index (χ0) is 34.8. The average molecular weight is 727 g/mol. The lowest BCUT2D eigenvalue weighted by molar-refractivity contribution is -0.183. The van der Waals surface area contributed by atoms with E-state index in [0.29, 0.717) is 30.9 Å². The molecule has 3 N–H and O–H groups in total. The Kier molecular flexibility index (Phi) is 9.00. The Morgan fingerprint density at radius 2 is 1.88 bits per heavy atom. The maximum atomic E-state index is 14.4. The number of carbonyl (C=O) groups is 1. The fourth-order valence-electron chi connectivity index (χ4n) is 7.94. The van der Waals surface area contributed by atoms with Crippen molar-refractivity contribution in [2.45, 2.75) is 81.4 Å². The zero-order valence-corrected chi connectivity index (χ0v) is 30.3. The summed E-state index contributed by atoms with van der Waals surface area (Å²) in [5.41, 5.74) is 1.41. The number of nitrogens with one attached hydrogen (secondary N) is 2. The molecule has 3 aliphatic carbocycles. The van der Waals surface area contributed by atoms with E-state index in [-0.39, 0.29) is 60.0 Å². The van der Waals surface area contributed by atoms with Gasteiger partial charge in [-0.2, -0.15) is 4.31 Å². The molecule has 3 saturated carbocycles. The number of benzene rings is 2. The molecule has 1 amide bonds. The number of hydrogen-bond donors (Lipinski definition) is 3. The molecular weight excluding hydrogens is 681 g/mol. The van der Waals surface area contributed by atoms with E-state index in [2.05, 4.69) is 29.5 Å². The maximum Gasteiger partial charge on any atom is 0.407 e. The summed E-state index contributed by atoms with van der Waals surface area (Å²) in [5.74, 6) is 1.28. The summed E-state index contributed by atoms with van der Waals surface area (Å²) >= 11 is 1.44. The Bertz CT molecular complexity index is 1830. The van der Waals surface area contributed by atoms with Crippen LogP contribution in [0.2, 0.25) is 0 Å². The van der Waals surface area contributed by atoms with Crippen molar-refractivity contribution in [3.63, 3.8) is 0 Å². The van der Waals surface area contributed by atoms with E-state index < -0.39 is 28.3 Å². The molecule has 12 nitrogen and oxygen atoms in total. The summed E-state index contributed by atoms with van der Waals surface area (Å²) in [5, 5.41) is 19.0. The summed E-state index contributed by atoms with van der Waals surface area (Å²) in [6.07, 6.45) is 1.76. The second-order valence-corrected chi connectivity index (χ2v) is 18.2. The highest BCUT2D eigenvalue weighted by molar-refractivity contribution is 7.89. The fourth-order valence-corrected chi connectivity index (χ4v) is 10.6. The quantitative estimate of drug-likeness (QED) is 0.215. The van der Waals surface area contributed by atoms with Crippen LogP contribution in [0, 0.1) is 29.1 Å². The minimum Gasteiger partial charge on any atom is -0.497 e. The molecule has 0 spiro atoms. The number of carbonyl (C=O) groups excluding carboxylic acids is 1. The van der Waals surface area contributed by atoms with Crippen LogP contribution in [0.15, 0.2) is 47.4 Å². The van der Waals surface area contributed by atoms with Gasteiger partial charge in [-0.25, -0.2) is 18.2 Å². The van der Waals surface area contributed by atoms with Gasteiger partial charge in [-0.3, -0.25) is 0 Å². The average Bonchev–Trinajstić information content (AvgIpc) is 3.94. The molecule has 2 bridgehead atoms. The number of thiazole rings is 1. The number of methoxy groups -OCH3 is 1. The summed E-state index contributed by atoms with van der Waals surface area (Å²) < 4.78 is 54.1. The van der Waals surface area contributed by atoms with Gasteiger partial charge < -0.3 is 34.7 Å². The summed E-state index contributed by atoms with van der Waals surface area (Å²) in [7, 11) is -2.43. The van der Waals surface area contributed by atoms with Crippen LogP contribution >= 0.6 is 11.3 Å². The van der Waals surface area contributed by atoms with Gasteiger partial charge in [-0.15, -0.1) is 0 Å². The van der Waals surface area contributed by atoms with Gasteiger partial charge in [0.1, 0.15) is 11.9 Å². The number of fused-ring (bicyclic) bond motifs is 2. The minimum atomic E-state index is -4.02. The normalized spacial score (nSPS) is 29.1. The van der Waals surface area contributed by atoms with Crippen LogP contribution < -0.4 is 15.4 Å². The molecule has 8 unspecified atom stereocenters. The molecule has 2 saturated heterocycles. The maximum absolute atomic E-state index is 14.4. The Morgan fingerprint density at radius 1 is 1.14 bits per heavy atom.